The van der Waals surface area contributed by atoms with Crippen LogP contribution in [0.3, 0.4) is 0 Å². The number of nitrogens with one attached hydrogen (secondary N) is 1. The first-order chi connectivity index (χ1) is 16.0. The van der Waals surface area contributed by atoms with Gasteiger partial charge in [0, 0.05) is 16.6 Å². The number of hydrogen-bond donors (Lipinski definition) is 4. The van der Waals surface area contributed by atoms with Crippen LogP contribution in [0.5, 0.6) is 5.75 Å². The average molecular weight is 515 g/mol. The molecule has 184 valence electrons. The predicted octanol–water partition coefficient (Wildman–Crippen LogP) is 1.78. The Kier molecular flexibility index (Phi) is 6.74. The molecule has 2 aliphatic rings. The third-order valence-corrected chi connectivity index (χ3v) is 7.73. The molecule has 14 heteroatoms. The third-order valence-electron chi connectivity index (χ3n) is 5.84. The summed E-state index contributed by atoms with van der Waals surface area (Å²) in [7, 11) is -4.24. The zero-order chi connectivity index (χ0) is 24.7. The number of nitrogens with zero attached hydrogens (tertiary/aromatic N) is 2. The van der Waals surface area contributed by atoms with E-state index in [1.165, 1.54) is 48.0 Å². The van der Waals surface area contributed by atoms with Gasteiger partial charge in [-0.25, -0.2) is 9.36 Å². The Morgan fingerprint density at radius 3 is 2.68 bits per heavy atom. The Bertz CT molecular complexity index is 1170. The zero-order valence-corrected chi connectivity index (χ0v) is 19.7. The van der Waals surface area contributed by atoms with Crippen LogP contribution in [0, 0.1) is 5.41 Å². The maximum absolute atomic E-state index is 13.4. The summed E-state index contributed by atoms with van der Waals surface area (Å²) in [6, 6.07) is 6.08. The van der Waals surface area contributed by atoms with Crippen molar-refractivity contribution in [1.82, 2.24) is 14.6 Å². The van der Waals surface area contributed by atoms with Gasteiger partial charge in [-0.3, -0.25) is 13.9 Å². The van der Waals surface area contributed by atoms with Crippen LogP contribution in [0.4, 0.5) is 5.82 Å². The lowest BCUT2D eigenvalue weighted by Crippen LogP contribution is -2.36. The highest BCUT2D eigenvalue weighted by atomic mass is 35.5. The Balaban J connectivity index is 1.52. The Morgan fingerprint density at radius 1 is 1.41 bits per heavy atom. The molecule has 1 aromatic heterocycles. The Hall–Kier alpha value is -2.47. The van der Waals surface area contributed by atoms with E-state index in [1.807, 2.05) is 0 Å². The number of aliphatic hydroxyl groups excluding tert-OH is 1. The standard InChI is InChI=1S/C20H24ClN4O8P/c1-11(17(27)28)24-34(30,33-13-4-2-12(21)3-5-13)31-10-14-16(26)20(7-8-20)18(32-14)25-9-6-15(22)23-19(25)29/h2-6,9,11,14,16,18,26H,7-8,10H2,1H3,(H,24,30)(H,27,28)(H2,22,23,29)/t11?,14-,16-,18-,34?/m1/s1. The van der Waals surface area contributed by atoms with Crippen LogP contribution in [0.2, 0.25) is 5.02 Å². The highest BCUT2D eigenvalue weighted by Gasteiger charge is 2.64. The van der Waals surface area contributed by atoms with Gasteiger partial charge in [0.25, 0.3) is 0 Å². The van der Waals surface area contributed by atoms with E-state index in [0.717, 1.165) is 0 Å². The lowest BCUT2D eigenvalue weighted by molar-refractivity contribution is -0.138. The molecule has 2 aromatic rings. The number of carbonyl (C=O) groups is 1. The number of carboxylic acid groups (broad SMARTS) is 1. The lowest BCUT2D eigenvalue weighted by atomic mass is 9.96. The van der Waals surface area contributed by atoms with Crippen molar-refractivity contribution in [3.8, 4) is 5.75 Å². The Labute approximate surface area is 199 Å². The molecule has 4 rings (SSSR count). The smallest absolute Gasteiger partial charge is 0.459 e. The van der Waals surface area contributed by atoms with Gasteiger partial charge in [-0.15, -0.1) is 0 Å². The van der Waals surface area contributed by atoms with Crippen molar-refractivity contribution in [3.63, 3.8) is 0 Å². The van der Waals surface area contributed by atoms with Crippen molar-refractivity contribution in [3.05, 3.63) is 52.0 Å². The first kappa shape index (κ1) is 24.6. The van der Waals surface area contributed by atoms with Gasteiger partial charge >= 0.3 is 19.4 Å². The number of benzene rings is 1. The molecule has 0 bridgehead atoms. The second-order valence-electron chi connectivity index (χ2n) is 8.27. The monoisotopic (exact) mass is 514 g/mol. The van der Waals surface area contributed by atoms with Crippen LogP contribution in [-0.4, -0.2) is 50.6 Å². The van der Waals surface area contributed by atoms with Crippen LogP contribution >= 0.6 is 19.3 Å². The van der Waals surface area contributed by atoms with E-state index in [1.54, 1.807) is 0 Å². The maximum Gasteiger partial charge on any atom is 0.459 e. The van der Waals surface area contributed by atoms with Gasteiger partial charge in [0.15, 0.2) is 0 Å². The van der Waals surface area contributed by atoms with Crippen molar-refractivity contribution >= 4 is 31.1 Å². The molecule has 2 heterocycles. The molecule has 2 fully saturated rings. The van der Waals surface area contributed by atoms with Crippen LogP contribution < -0.4 is 21.0 Å². The number of anilines is 1. The number of rotatable bonds is 9. The van der Waals surface area contributed by atoms with Crippen LogP contribution in [-0.2, 0) is 18.6 Å². The fourth-order valence-electron chi connectivity index (χ4n) is 3.84. The molecule has 2 unspecified atom stereocenters. The van der Waals surface area contributed by atoms with Gasteiger partial charge in [0.2, 0.25) is 0 Å². The molecule has 1 spiro atoms. The molecule has 1 saturated heterocycles. The molecule has 0 amide bonds. The summed E-state index contributed by atoms with van der Waals surface area (Å²) in [4.78, 5) is 27.3. The normalized spacial score (nSPS) is 25.6. The van der Waals surface area contributed by atoms with E-state index in [0.29, 0.717) is 17.9 Å². The molecule has 1 saturated carbocycles. The number of aromatic nitrogens is 2. The van der Waals surface area contributed by atoms with Gasteiger partial charge in [0.1, 0.15) is 29.9 Å². The van der Waals surface area contributed by atoms with Crippen molar-refractivity contribution < 1.29 is 33.4 Å². The number of aliphatic hydroxyl groups is 1. The molecule has 1 aromatic carbocycles. The molecular formula is C20H24ClN4O8P. The maximum atomic E-state index is 13.4. The van der Waals surface area contributed by atoms with Crippen LogP contribution in [0.15, 0.2) is 41.3 Å². The molecule has 34 heavy (non-hydrogen) atoms. The van der Waals surface area contributed by atoms with Crippen molar-refractivity contribution in [2.75, 3.05) is 12.3 Å². The van der Waals surface area contributed by atoms with Gasteiger partial charge in [-0.05, 0) is 50.1 Å². The predicted molar refractivity (Wildman–Crippen MR) is 120 cm³/mol. The summed E-state index contributed by atoms with van der Waals surface area (Å²) >= 11 is 5.86. The summed E-state index contributed by atoms with van der Waals surface area (Å²) < 4.78 is 31.6. The number of nitrogen functional groups attached to an aromatic ring is 1. The first-order valence-electron chi connectivity index (χ1n) is 10.4. The van der Waals surface area contributed by atoms with Gasteiger partial charge < -0.3 is 25.2 Å². The van der Waals surface area contributed by atoms with Crippen LogP contribution in [0.1, 0.15) is 26.0 Å². The van der Waals surface area contributed by atoms with E-state index in [4.69, 9.17) is 31.1 Å². The van der Waals surface area contributed by atoms with Gasteiger partial charge in [-0.2, -0.15) is 10.1 Å². The van der Waals surface area contributed by atoms with E-state index in [-0.39, 0.29) is 11.6 Å². The molecule has 1 aliphatic carbocycles. The summed E-state index contributed by atoms with van der Waals surface area (Å²) in [5.41, 5.74) is 4.21. The topological polar surface area (TPSA) is 175 Å². The van der Waals surface area contributed by atoms with Crippen LogP contribution in [0.25, 0.3) is 0 Å². The van der Waals surface area contributed by atoms with Gasteiger partial charge in [-0.1, -0.05) is 11.6 Å². The molecular weight excluding hydrogens is 491 g/mol. The fraction of sp³-hybridized carbons (Fsp3) is 0.450. The van der Waals surface area contributed by atoms with Crippen molar-refractivity contribution in [1.29, 1.82) is 0 Å². The second-order valence-corrected chi connectivity index (χ2v) is 10.4. The summed E-state index contributed by atoms with van der Waals surface area (Å²) in [6.45, 7) is 0.876. The van der Waals surface area contributed by atoms with Gasteiger partial charge in [0.05, 0.1) is 12.7 Å². The molecule has 1 aliphatic heterocycles. The number of halogens is 1. The number of ether oxygens (including phenoxy) is 1. The second kappa shape index (κ2) is 9.29. The third kappa shape index (κ3) is 4.97. The molecule has 0 radical (unpaired) electrons. The average Bonchev–Trinajstić information content (AvgIpc) is 3.52. The van der Waals surface area contributed by atoms with E-state index in [9.17, 15) is 24.4 Å². The minimum absolute atomic E-state index is 0.0587. The minimum atomic E-state index is -4.24. The molecule has 5 atom stereocenters. The summed E-state index contributed by atoms with van der Waals surface area (Å²) in [6.07, 6.45) is -0.197. The highest BCUT2D eigenvalue weighted by Crippen LogP contribution is 2.62. The van der Waals surface area contributed by atoms with E-state index < -0.39 is 55.9 Å². The lowest BCUT2D eigenvalue weighted by Gasteiger charge is -2.24. The number of hydrogen-bond acceptors (Lipinski definition) is 9. The largest absolute Gasteiger partial charge is 0.480 e. The highest BCUT2D eigenvalue weighted by molar-refractivity contribution is 7.52. The van der Waals surface area contributed by atoms with E-state index >= 15 is 0 Å². The summed E-state index contributed by atoms with van der Waals surface area (Å²) in [5, 5.41) is 22.9. The molecule has 12 nitrogen and oxygen atoms in total. The van der Waals surface area contributed by atoms with Crippen molar-refractivity contribution in [2.45, 2.75) is 44.2 Å². The SMILES string of the molecule is CC(NP(=O)(OC[C@H]1O[C@@H](n2ccc(N)nc2=O)C2(CC2)[C@@H]1O)Oc1ccc(Cl)cc1)C(=O)O. The first-order valence-corrected chi connectivity index (χ1v) is 12.3. The Morgan fingerprint density at radius 2 is 2.09 bits per heavy atom. The zero-order valence-electron chi connectivity index (χ0n) is 18.0. The minimum Gasteiger partial charge on any atom is -0.480 e. The number of nitrogens with two attached hydrogens (primary N) is 1. The van der Waals surface area contributed by atoms with E-state index in [2.05, 4.69) is 10.1 Å². The quantitative estimate of drug-likeness (QED) is 0.359. The number of carboxylic acids is 1. The number of aliphatic carboxylic acids is 1. The summed E-state index contributed by atoms with van der Waals surface area (Å²) in [5.74, 6) is -1.09. The fourth-order valence-corrected chi connectivity index (χ4v) is 5.48. The molecule has 5 N–H and O–H groups in total. The van der Waals surface area contributed by atoms with Crippen molar-refractivity contribution in [2.24, 2.45) is 5.41 Å².